The Kier molecular flexibility index (Phi) is 5.80. The second-order valence-corrected chi connectivity index (χ2v) is 6.62. The van der Waals surface area contributed by atoms with Crippen molar-refractivity contribution in [3.05, 3.63) is 41.5 Å². The molecule has 0 atom stereocenters. The first-order chi connectivity index (χ1) is 12.2. The highest BCUT2D eigenvalue weighted by atomic mass is 32.1. The Morgan fingerprint density at radius 2 is 1.96 bits per heavy atom. The van der Waals surface area contributed by atoms with Gasteiger partial charge >= 0.3 is 0 Å². The number of nitrogens with zero attached hydrogens (tertiary/aromatic N) is 2. The van der Waals surface area contributed by atoms with Gasteiger partial charge in [0.15, 0.2) is 0 Å². The molecule has 0 radical (unpaired) electrons. The van der Waals surface area contributed by atoms with Crippen molar-refractivity contribution < 1.29 is 15.7 Å². The maximum Gasteiger partial charge on any atom is 0.264 e. The molecule has 3 heterocycles. The molecular formula is C18H23N3O3S. The van der Waals surface area contributed by atoms with Crippen LogP contribution in [0, 0.1) is 0 Å². The van der Waals surface area contributed by atoms with Crippen molar-refractivity contribution in [1.82, 2.24) is 14.9 Å². The molecule has 1 N–H and O–H groups in total. The van der Waals surface area contributed by atoms with Gasteiger partial charge in [0.05, 0.1) is 18.1 Å². The second kappa shape index (κ2) is 8.24. The lowest BCUT2D eigenvalue weighted by Gasteiger charge is -2.21. The summed E-state index contributed by atoms with van der Waals surface area (Å²) in [4.78, 5) is 23.8. The van der Waals surface area contributed by atoms with Crippen LogP contribution in [-0.2, 0) is 9.47 Å². The van der Waals surface area contributed by atoms with E-state index in [0.29, 0.717) is 31.2 Å². The van der Waals surface area contributed by atoms with Gasteiger partial charge in [-0.3, -0.25) is 4.79 Å². The first-order valence-electron chi connectivity index (χ1n) is 8.04. The van der Waals surface area contributed by atoms with E-state index in [2.05, 4.69) is 9.97 Å². The molecule has 0 unspecified atom stereocenters. The number of ether oxygens (including phenoxy) is 2. The lowest BCUT2D eigenvalue weighted by atomic mass is 10.1. The van der Waals surface area contributed by atoms with Gasteiger partial charge in [-0.25, -0.2) is 4.98 Å². The van der Waals surface area contributed by atoms with Crippen molar-refractivity contribution in [3.8, 4) is 10.4 Å². The molecular weight excluding hydrogens is 338 g/mol. The first-order valence-corrected chi connectivity index (χ1v) is 8.85. The molecule has 6 nitrogen and oxygen atoms in total. The molecule has 1 amide bonds. The molecule has 7 heteroatoms. The van der Waals surface area contributed by atoms with Crippen LogP contribution in [0.2, 0.25) is 0 Å². The molecule has 0 aliphatic rings. The second-order valence-electron chi connectivity index (χ2n) is 5.54. The highest BCUT2D eigenvalue weighted by Crippen LogP contribution is 2.33. The van der Waals surface area contributed by atoms with E-state index in [1.807, 2.05) is 30.5 Å². The third-order valence-corrected chi connectivity index (χ3v) is 5.07. The van der Waals surface area contributed by atoms with Gasteiger partial charge in [0.1, 0.15) is 5.65 Å². The standard InChI is InChI=1S/C18H21N3O3S.H2/c1-23-11-9-21(10-12-24-2)18(22)16-4-3-15(25-16)13-5-7-19-17-14(13)6-8-20-17;/h3-8H,9-12H2,1-2H3,(H,19,20);1H. The van der Waals surface area contributed by atoms with Crippen LogP contribution < -0.4 is 0 Å². The number of hydrogen-bond acceptors (Lipinski definition) is 5. The largest absolute Gasteiger partial charge is 0.383 e. The smallest absolute Gasteiger partial charge is 0.264 e. The van der Waals surface area contributed by atoms with Gasteiger partial charge in [-0.15, -0.1) is 11.3 Å². The van der Waals surface area contributed by atoms with Crippen molar-refractivity contribution in [2.75, 3.05) is 40.5 Å². The number of hydrogen-bond donors (Lipinski definition) is 1. The number of aromatic amines is 1. The molecule has 0 aromatic carbocycles. The van der Waals surface area contributed by atoms with E-state index in [4.69, 9.17) is 9.47 Å². The summed E-state index contributed by atoms with van der Waals surface area (Å²) in [7, 11) is 3.27. The number of carbonyl (C=O) groups excluding carboxylic acids is 1. The van der Waals surface area contributed by atoms with Crippen LogP contribution in [0.25, 0.3) is 21.5 Å². The Morgan fingerprint density at radius 3 is 2.68 bits per heavy atom. The predicted molar refractivity (Wildman–Crippen MR) is 101 cm³/mol. The normalized spacial score (nSPS) is 11.1. The van der Waals surface area contributed by atoms with Crippen LogP contribution >= 0.6 is 11.3 Å². The van der Waals surface area contributed by atoms with Crippen LogP contribution in [0.3, 0.4) is 0 Å². The molecule has 3 aromatic rings. The van der Waals surface area contributed by atoms with Crippen LogP contribution in [0.15, 0.2) is 36.7 Å². The SMILES string of the molecule is COCCN(CCOC)C(=O)c1ccc(-c2ccnc3[nH]ccc23)s1.[HH]. The number of thiophene rings is 1. The number of nitrogens with one attached hydrogen (secondary N) is 1. The third-order valence-electron chi connectivity index (χ3n) is 3.96. The van der Waals surface area contributed by atoms with Gasteiger partial charge in [-0.05, 0) is 24.3 Å². The van der Waals surface area contributed by atoms with Crippen LogP contribution in [0.4, 0.5) is 0 Å². The van der Waals surface area contributed by atoms with E-state index in [1.165, 1.54) is 11.3 Å². The number of methoxy groups -OCH3 is 2. The zero-order valence-electron chi connectivity index (χ0n) is 14.3. The van der Waals surface area contributed by atoms with Gasteiger partial charge in [0.25, 0.3) is 5.91 Å². The zero-order chi connectivity index (χ0) is 17.6. The van der Waals surface area contributed by atoms with Gasteiger partial charge < -0.3 is 19.4 Å². The molecule has 25 heavy (non-hydrogen) atoms. The minimum atomic E-state index is 0. The molecule has 0 saturated carbocycles. The quantitative estimate of drug-likeness (QED) is 0.669. The average Bonchev–Trinajstić information content (AvgIpc) is 3.30. The number of pyridine rings is 1. The summed E-state index contributed by atoms with van der Waals surface area (Å²) in [6, 6.07) is 7.85. The molecule has 0 aliphatic heterocycles. The molecule has 3 aromatic heterocycles. The number of fused-ring (bicyclic) bond motifs is 1. The predicted octanol–water partition coefficient (Wildman–Crippen LogP) is 3.27. The van der Waals surface area contributed by atoms with Crippen LogP contribution in [0.5, 0.6) is 0 Å². The Morgan fingerprint density at radius 1 is 1.20 bits per heavy atom. The summed E-state index contributed by atoms with van der Waals surface area (Å²) >= 11 is 1.49. The van der Waals surface area contributed by atoms with E-state index < -0.39 is 0 Å². The highest BCUT2D eigenvalue weighted by Gasteiger charge is 2.18. The van der Waals surface area contributed by atoms with E-state index in [0.717, 1.165) is 21.5 Å². The van der Waals surface area contributed by atoms with E-state index in [1.54, 1.807) is 25.3 Å². The molecule has 0 aliphatic carbocycles. The number of rotatable bonds is 8. The van der Waals surface area contributed by atoms with Crippen molar-refractivity contribution in [3.63, 3.8) is 0 Å². The third kappa shape index (κ3) is 3.89. The summed E-state index contributed by atoms with van der Waals surface area (Å²) in [5.41, 5.74) is 1.93. The molecule has 0 bridgehead atoms. The minimum absolute atomic E-state index is 0. The van der Waals surface area contributed by atoms with Crippen LogP contribution in [-0.4, -0.2) is 61.3 Å². The molecule has 0 saturated heterocycles. The van der Waals surface area contributed by atoms with Gasteiger partial charge in [-0.1, -0.05) is 0 Å². The zero-order valence-corrected chi connectivity index (χ0v) is 15.1. The average molecular weight is 361 g/mol. The number of H-pyrrole nitrogens is 1. The monoisotopic (exact) mass is 361 g/mol. The Hall–Kier alpha value is -2.22. The summed E-state index contributed by atoms with van der Waals surface area (Å²) in [6.45, 7) is 2.09. The highest BCUT2D eigenvalue weighted by molar-refractivity contribution is 7.17. The van der Waals surface area contributed by atoms with Gasteiger partial charge in [-0.2, -0.15) is 0 Å². The number of aromatic nitrogens is 2. The topological polar surface area (TPSA) is 67.5 Å². The van der Waals surface area contributed by atoms with E-state index >= 15 is 0 Å². The summed E-state index contributed by atoms with van der Waals surface area (Å²) in [5, 5.41) is 1.05. The first kappa shape index (κ1) is 17.6. The van der Waals surface area contributed by atoms with Crippen LogP contribution in [0.1, 0.15) is 11.1 Å². The Balaban J connectivity index is 0.00000243. The molecule has 134 valence electrons. The van der Waals surface area contributed by atoms with Crippen molar-refractivity contribution in [1.29, 1.82) is 0 Å². The van der Waals surface area contributed by atoms with E-state index in [9.17, 15) is 4.79 Å². The Labute approximate surface area is 151 Å². The van der Waals surface area contributed by atoms with Crippen molar-refractivity contribution >= 4 is 28.3 Å². The maximum atomic E-state index is 12.8. The lowest BCUT2D eigenvalue weighted by Crippen LogP contribution is -2.36. The number of carbonyl (C=O) groups is 1. The fourth-order valence-corrected chi connectivity index (χ4v) is 3.66. The summed E-state index contributed by atoms with van der Waals surface area (Å²) in [6.07, 6.45) is 3.65. The Bertz CT molecular complexity index is 841. The lowest BCUT2D eigenvalue weighted by molar-refractivity contribution is 0.0632. The van der Waals surface area contributed by atoms with Crippen molar-refractivity contribution in [2.45, 2.75) is 0 Å². The fraction of sp³-hybridized carbons (Fsp3) is 0.333. The minimum Gasteiger partial charge on any atom is -0.383 e. The molecule has 3 rings (SSSR count). The maximum absolute atomic E-state index is 12.8. The summed E-state index contributed by atoms with van der Waals surface area (Å²) < 4.78 is 10.2. The van der Waals surface area contributed by atoms with E-state index in [-0.39, 0.29) is 7.33 Å². The van der Waals surface area contributed by atoms with Gasteiger partial charge in [0, 0.05) is 57.0 Å². The fourth-order valence-electron chi connectivity index (χ4n) is 2.65. The van der Waals surface area contributed by atoms with Gasteiger partial charge in [0.2, 0.25) is 0 Å². The molecule has 0 fully saturated rings. The number of amides is 1. The molecule has 0 spiro atoms. The van der Waals surface area contributed by atoms with Crippen molar-refractivity contribution in [2.24, 2.45) is 0 Å². The summed E-state index contributed by atoms with van der Waals surface area (Å²) in [5.74, 6) is 0.00437.